The van der Waals surface area contributed by atoms with Gasteiger partial charge in [0.25, 0.3) is 0 Å². The molecule has 1 nitrogen and oxygen atoms in total. The maximum absolute atomic E-state index is 4.08. The van der Waals surface area contributed by atoms with Gasteiger partial charge < -0.3 is 4.57 Å². The van der Waals surface area contributed by atoms with Crippen LogP contribution in [-0.2, 0) is 0 Å². The number of rotatable bonds is 13. The SMILES string of the molecule is C=C/C=C(\C=C/C)c1cc(-c2ccccc2)cc(-c2ccc3c(c2)c(-c2cc(-c4ccccc4)cc(-c4ccccc4)c2)cn3-c2cc(-c3ccc(-c4ccccc4)cc3)cc(-c3ccc(-c4ccccc4)cc3)c2)c1. The first-order valence-electron chi connectivity index (χ1n) is 26.1. The van der Waals surface area contributed by atoms with Gasteiger partial charge in [0.05, 0.1) is 5.52 Å². The maximum atomic E-state index is 4.08. The van der Waals surface area contributed by atoms with Crippen LogP contribution in [0, 0.1) is 0 Å². The first-order chi connectivity index (χ1) is 37.5. The first kappa shape index (κ1) is 47.2. The topological polar surface area (TPSA) is 4.93 Å². The van der Waals surface area contributed by atoms with Gasteiger partial charge in [-0.3, -0.25) is 0 Å². The second-order valence-electron chi connectivity index (χ2n) is 19.4. The van der Waals surface area contributed by atoms with Crippen molar-refractivity contribution in [3.05, 3.63) is 316 Å². The van der Waals surface area contributed by atoms with Crippen molar-refractivity contribution < 1.29 is 0 Å². The molecule has 0 fully saturated rings. The summed E-state index contributed by atoms with van der Waals surface area (Å²) < 4.78 is 2.41. The van der Waals surface area contributed by atoms with Crippen LogP contribution in [-0.4, -0.2) is 4.57 Å². The summed E-state index contributed by atoms with van der Waals surface area (Å²) >= 11 is 0. The predicted octanol–water partition coefficient (Wildman–Crippen LogP) is 20.8. The molecule has 0 saturated heterocycles. The monoisotopic (exact) mass is 969 g/mol. The lowest BCUT2D eigenvalue weighted by Gasteiger charge is -2.14. The Balaban J connectivity index is 1.09. The van der Waals surface area contributed by atoms with E-state index in [0.717, 1.165) is 77.8 Å². The molecule has 12 aromatic rings. The zero-order chi connectivity index (χ0) is 51.2. The molecule has 12 rings (SSSR count). The van der Waals surface area contributed by atoms with Crippen LogP contribution in [0.2, 0.25) is 0 Å². The molecule has 0 spiro atoms. The molecule has 1 heterocycles. The summed E-state index contributed by atoms with van der Waals surface area (Å²) in [5.41, 5.74) is 25.4. The van der Waals surface area contributed by atoms with E-state index in [2.05, 4.69) is 315 Å². The van der Waals surface area contributed by atoms with E-state index in [9.17, 15) is 0 Å². The number of hydrogen-bond donors (Lipinski definition) is 0. The summed E-state index contributed by atoms with van der Waals surface area (Å²) in [7, 11) is 0. The van der Waals surface area contributed by atoms with Gasteiger partial charge in [-0.2, -0.15) is 0 Å². The van der Waals surface area contributed by atoms with Crippen molar-refractivity contribution in [3.63, 3.8) is 0 Å². The Labute approximate surface area is 447 Å². The number of aromatic nitrogens is 1. The van der Waals surface area contributed by atoms with Crippen molar-refractivity contribution in [3.8, 4) is 106 Å². The summed E-state index contributed by atoms with van der Waals surface area (Å²) in [6.07, 6.45) is 10.6. The van der Waals surface area contributed by atoms with Crippen molar-refractivity contribution in [2.45, 2.75) is 6.92 Å². The van der Waals surface area contributed by atoms with E-state index in [1.807, 2.05) is 6.08 Å². The van der Waals surface area contributed by atoms with Crippen LogP contribution in [0.5, 0.6) is 0 Å². The van der Waals surface area contributed by atoms with Gasteiger partial charge in [-0.25, -0.2) is 0 Å². The molecule has 0 atom stereocenters. The molecule has 1 aromatic heterocycles. The van der Waals surface area contributed by atoms with Crippen LogP contribution < -0.4 is 0 Å². The Morgan fingerprint density at radius 1 is 0.329 bits per heavy atom. The Hall–Kier alpha value is -9.82. The molecule has 0 unspecified atom stereocenters. The van der Waals surface area contributed by atoms with Gasteiger partial charge in [0.2, 0.25) is 0 Å². The third-order valence-corrected chi connectivity index (χ3v) is 14.5. The quantitative estimate of drug-likeness (QED) is 0.102. The number of benzene rings is 11. The summed E-state index contributed by atoms with van der Waals surface area (Å²) in [4.78, 5) is 0. The molecule has 360 valence electrons. The Kier molecular flexibility index (Phi) is 13.2. The van der Waals surface area contributed by atoms with Crippen LogP contribution in [0.15, 0.2) is 310 Å². The molecule has 76 heavy (non-hydrogen) atoms. The number of hydrogen-bond acceptors (Lipinski definition) is 0. The van der Waals surface area contributed by atoms with Crippen LogP contribution in [0.3, 0.4) is 0 Å². The van der Waals surface area contributed by atoms with E-state index in [-0.39, 0.29) is 0 Å². The maximum Gasteiger partial charge on any atom is 0.0535 e. The second kappa shape index (κ2) is 21.3. The van der Waals surface area contributed by atoms with Gasteiger partial charge in [-0.1, -0.05) is 237 Å². The highest BCUT2D eigenvalue weighted by molar-refractivity contribution is 6.01. The van der Waals surface area contributed by atoms with E-state index in [4.69, 9.17) is 0 Å². The van der Waals surface area contributed by atoms with E-state index in [1.54, 1.807) is 0 Å². The van der Waals surface area contributed by atoms with Gasteiger partial charge in [-0.05, 0) is 179 Å². The fourth-order valence-electron chi connectivity index (χ4n) is 10.6. The number of nitrogens with zero attached hydrogens (tertiary/aromatic N) is 1. The van der Waals surface area contributed by atoms with Gasteiger partial charge in [0.15, 0.2) is 0 Å². The Morgan fingerprint density at radius 2 is 0.658 bits per heavy atom. The molecule has 1 heteroatoms. The summed E-state index contributed by atoms with van der Waals surface area (Å²) in [6, 6.07) is 99.6. The fourth-order valence-corrected chi connectivity index (χ4v) is 10.6. The number of allylic oxidation sites excluding steroid dienone is 5. The standard InChI is InChI=1S/C75H55N/c1-3-20-53(21-4-2)64-42-65(56-26-14-7-15-27-56)45-68(44-64)63-40-41-75-73(51-63)74(71-47-66(57-28-16-8-17-29-57)43-67(48-71)58-30-18-9-19-31-58)52-76(75)72-49-69(61-36-32-59(33-37-61)54-22-10-5-11-23-54)46-70(50-72)62-38-34-60(35-39-62)55-24-12-6-13-25-55/h3-52H,1H2,2H3/b21-4-,53-20+. The second-order valence-corrected chi connectivity index (χ2v) is 19.4. The zero-order valence-electron chi connectivity index (χ0n) is 42.5. The molecule has 0 N–H and O–H groups in total. The lowest BCUT2D eigenvalue weighted by atomic mass is 9.91. The average Bonchev–Trinajstić information content (AvgIpc) is 3.93. The summed E-state index contributed by atoms with van der Waals surface area (Å²) in [5, 5.41) is 1.16. The van der Waals surface area contributed by atoms with Crippen LogP contribution in [0.25, 0.3) is 122 Å². The number of fused-ring (bicyclic) bond motifs is 1. The lowest BCUT2D eigenvalue weighted by Crippen LogP contribution is -1.95. The highest BCUT2D eigenvalue weighted by Crippen LogP contribution is 2.42. The average molecular weight is 970 g/mol. The van der Waals surface area contributed by atoms with E-state index < -0.39 is 0 Å². The van der Waals surface area contributed by atoms with Crippen LogP contribution in [0.4, 0.5) is 0 Å². The Morgan fingerprint density at radius 3 is 1.07 bits per heavy atom. The highest BCUT2D eigenvalue weighted by atomic mass is 15.0. The van der Waals surface area contributed by atoms with Gasteiger partial charge in [-0.15, -0.1) is 0 Å². The fraction of sp³-hybridized carbons (Fsp3) is 0.0133. The predicted molar refractivity (Wildman–Crippen MR) is 325 cm³/mol. The minimum absolute atomic E-state index is 1.08. The molecular formula is C75H55N. The Bertz CT molecular complexity index is 3890. The molecule has 0 aliphatic rings. The largest absolute Gasteiger partial charge is 0.316 e. The third kappa shape index (κ3) is 9.86. The molecular weight excluding hydrogens is 915 g/mol. The van der Waals surface area contributed by atoms with E-state index in [1.165, 1.54) is 50.1 Å². The normalized spacial score (nSPS) is 11.6. The molecule has 0 radical (unpaired) electrons. The molecule has 0 aliphatic carbocycles. The summed E-state index contributed by atoms with van der Waals surface area (Å²) in [6.45, 7) is 6.15. The van der Waals surface area contributed by atoms with Crippen LogP contribution in [0.1, 0.15) is 12.5 Å². The molecule has 0 saturated carbocycles. The minimum Gasteiger partial charge on any atom is -0.316 e. The molecule has 0 aliphatic heterocycles. The highest BCUT2D eigenvalue weighted by Gasteiger charge is 2.19. The van der Waals surface area contributed by atoms with Crippen molar-refractivity contribution in [2.24, 2.45) is 0 Å². The van der Waals surface area contributed by atoms with Gasteiger partial charge in [0, 0.05) is 22.8 Å². The smallest absolute Gasteiger partial charge is 0.0535 e. The molecule has 11 aromatic carbocycles. The van der Waals surface area contributed by atoms with E-state index in [0.29, 0.717) is 0 Å². The third-order valence-electron chi connectivity index (χ3n) is 14.5. The zero-order valence-corrected chi connectivity index (χ0v) is 42.5. The van der Waals surface area contributed by atoms with Crippen molar-refractivity contribution >= 4 is 16.5 Å². The lowest BCUT2D eigenvalue weighted by molar-refractivity contribution is 1.13. The van der Waals surface area contributed by atoms with Gasteiger partial charge >= 0.3 is 0 Å². The molecule has 0 amide bonds. The molecule has 0 bridgehead atoms. The first-order valence-corrected chi connectivity index (χ1v) is 26.1. The van der Waals surface area contributed by atoms with Crippen molar-refractivity contribution in [2.75, 3.05) is 0 Å². The van der Waals surface area contributed by atoms with Crippen molar-refractivity contribution in [1.29, 1.82) is 0 Å². The van der Waals surface area contributed by atoms with Crippen molar-refractivity contribution in [1.82, 2.24) is 4.57 Å². The minimum atomic E-state index is 1.08. The van der Waals surface area contributed by atoms with E-state index >= 15 is 0 Å². The van der Waals surface area contributed by atoms with Crippen LogP contribution >= 0.6 is 0 Å². The summed E-state index contributed by atoms with van der Waals surface area (Å²) in [5.74, 6) is 0. The van der Waals surface area contributed by atoms with Gasteiger partial charge in [0.1, 0.15) is 0 Å².